The van der Waals surface area contributed by atoms with E-state index < -0.39 is 10.8 Å². The third-order valence-electron chi connectivity index (χ3n) is 4.06. The standard InChI is InChI=1S/C17H19NO2S/c1-20-13-9-7-12-8-10-16(17(18)15(12)11-13)21(19)14-5-3-2-4-6-14/h2-7,9,11,16-17H,8,10,18H2,1H3. The Morgan fingerprint density at radius 1 is 1.19 bits per heavy atom. The molecule has 2 N–H and O–H groups in total. The lowest BCUT2D eigenvalue weighted by Gasteiger charge is -2.30. The second-order valence-corrected chi connectivity index (χ2v) is 6.95. The van der Waals surface area contributed by atoms with E-state index in [-0.39, 0.29) is 11.3 Å². The maximum atomic E-state index is 12.8. The summed E-state index contributed by atoms with van der Waals surface area (Å²) in [7, 11) is 0.567. The number of hydrogen-bond donors (Lipinski definition) is 1. The molecule has 0 heterocycles. The van der Waals surface area contributed by atoms with Gasteiger partial charge in [-0.1, -0.05) is 24.3 Å². The third-order valence-corrected chi connectivity index (χ3v) is 5.88. The molecule has 0 saturated carbocycles. The predicted molar refractivity (Wildman–Crippen MR) is 84.9 cm³/mol. The second-order valence-electron chi connectivity index (χ2n) is 5.28. The molecule has 1 aliphatic rings. The van der Waals surface area contributed by atoms with Crippen molar-refractivity contribution >= 4 is 10.8 Å². The van der Waals surface area contributed by atoms with Crippen molar-refractivity contribution in [2.75, 3.05) is 7.11 Å². The van der Waals surface area contributed by atoms with Gasteiger partial charge in [-0.05, 0) is 48.2 Å². The largest absolute Gasteiger partial charge is 0.497 e. The molecule has 2 aromatic carbocycles. The van der Waals surface area contributed by atoms with Crippen LogP contribution < -0.4 is 10.5 Å². The molecule has 3 atom stereocenters. The Balaban J connectivity index is 1.91. The lowest BCUT2D eigenvalue weighted by Crippen LogP contribution is -2.35. The first-order valence-electron chi connectivity index (χ1n) is 7.08. The molecule has 21 heavy (non-hydrogen) atoms. The van der Waals surface area contributed by atoms with Crippen molar-refractivity contribution in [1.82, 2.24) is 0 Å². The number of nitrogens with two attached hydrogens (primary N) is 1. The highest BCUT2D eigenvalue weighted by molar-refractivity contribution is 7.85. The van der Waals surface area contributed by atoms with E-state index in [1.54, 1.807) is 7.11 Å². The van der Waals surface area contributed by atoms with E-state index in [1.807, 2.05) is 42.5 Å². The fourth-order valence-corrected chi connectivity index (χ4v) is 4.40. The van der Waals surface area contributed by atoms with Gasteiger partial charge in [-0.15, -0.1) is 0 Å². The lowest BCUT2D eigenvalue weighted by molar-refractivity contribution is 0.412. The van der Waals surface area contributed by atoms with Gasteiger partial charge in [0.25, 0.3) is 0 Å². The molecule has 0 saturated heterocycles. The normalized spacial score (nSPS) is 22.4. The fraction of sp³-hybridized carbons (Fsp3) is 0.294. The van der Waals surface area contributed by atoms with Crippen LogP contribution in [0, 0.1) is 0 Å². The molecule has 0 aromatic heterocycles. The first-order valence-corrected chi connectivity index (χ1v) is 8.30. The molecule has 0 bridgehead atoms. The number of methoxy groups -OCH3 is 1. The van der Waals surface area contributed by atoms with Crippen LogP contribution in [0.3, 0.4) is 0 Å². The van der Waals surface area contributed by atoms with Crippen LogP contribution in [-0.2, 0) is 17.2 Å². The zero-order valence-corrected chi connectivity index (χ0v) is 12.8. The molecule has 110 valence electrons. The first-order chi connectivity index (χ1) is 10.2. The average Bonchev–Trinajstić information content (AvgIpc) is 2.55. The number of benzene rings is 2. The van der Waals surface area contributed by atoms with E-state index in [1.165, 1.54) is 5.56 Å². The van der Waals surface area contributed by atoms with Crippen LogP contribution in [0.15, 0.2) is 53.4 Å². The Bertz CT molecular complexity index is 657. The van der Waals surface area contributed by atoms with Crippen LogP contribution in [0.2, 0.25) is 0 Å². The van der Waals surface area contributed by atoms with Crippen molar-refractivity contribution in [3.05, 3.63) is 59.7 Å². The molecule has 4 heteroatoms. The van der Waals surface area contributed by atoms with Gasteiger partial charge in [-0.3, -0.25) is 4.21 Å². The third kappa shape index (κ3) is 2.74. The highest BCUT2D eigenvalue weighted by Gasteiger charge is 2.31. The summed E-state index contributed by atoms with van der Waals surface area (Å²) in [5, 5.41) is -0.0491. The van der Waals surface area contributed by atoms with Gasteiger partial charge in [0.05, 0.1) is 23.2 Å². The van der Waals surface area contributed by atoms with Gasteiger partial charge in [-0.2, -0.15) is 0 Å². The van der Waals surface area contributed by atoms with Crippen molar-refractivity contribution < 1.29 is 8.95 Å². The lowest BCUT2D eigenvalue weighted by atomic mass is 9.87. The number of hydrogen-bond acceptors (Lipinski definition) is 3. The van der Waals surface area contributed by atoms with Crippen LogP contribution >= 0.6 is 0 Å². The summed E-state index contributed by atoms with van der Waals surface area (Å²) >= 11 is 0. The van der Waals surface area contributed by atoms with Crippen LogP contribution in [0.25, 0.3) is 0 Å². The van der Waals surface area contributed by atoms with Gasteiger partial charge in [0.2, 0.25) is 0 Å². The average molecular weight is 301 g/mol. The van der Waals surface area contributed by atoms with Gasteiger partial charge in [0.15, 0.2) is 0 Å². The summed E-state index contributed by atoms with van der Waals surface area (Å²) in [6, 6.07) is 15.4. The van der Waals surface area contributed by atoms with Gasteiger partial charge in [0, 0.05) is 10.9 Å². The Hall–Kier alpha value is -1.65. The predicted octanol–water partition coefficient (Wildman–Crippen LogP) is 2.82. The van der Waals surface area contributed by atoms with Gasteiger partial charge in [0.1, 0.15) is 5.75 Å². The van der Waals surface area contributed by atoms with E-state index in [0.717, 1.165) is 29.1 Å². The van der Waals surface area contributed by atoms with Crippen LogP contribution in [0.5, 0.6) is 5.75 Å². The van der Waals surface area contributed by atoms with Crippen molar-refractivity contribution in [1.29, 1.82) is 0 Å². The van der Waals surface area contributed by atoms with Crippen molar-refractivity contribution in [3.8, 4) is 5.75 Å². The summed E-state index contributed by atoms with van der Waals surface area (Å²) in [5.74, 6) is 0.801. The summed E-state index contributed by atoms with van der Waals surface area (Å²) in [5.41, 5.74) is 8.71. The quantitative estimate of drug-likeness (QED) is 0.948. The molecular weight excluding hydrogens is 282 g/mol. The number of aryl methyl sites for hydroxylation is 1. The minimum atomic E-state index is -1.08. The minimum Gasteiger partial charge on any atom is -0.497 e. The van der Waals surface area contributed by atoms with E-state index in [0.29, 0.717) is 0 Å². The highest BCUT2D eigenvalue weighted by atomic mass is 32.2. The Morgan fingerprint density at radius 3 is 2.67 bits per heavy atom. The van der Waals surface area contributed by atoms with E-state index >= 15 is 0 Å². The maximum absolute atomic E-state index is 12.8. The van der Waals surface area contributed by atoms with E-state index in [4.69, 9.17) is 10.5 Å². The van der Waals surface area contributed by atoms with Crippen LogP contribution in [0.4, 0.5) is 0 Å². The van der Waals surface area contributed by atoms with Crippen molar-refractivity contribution in [2.45, 2.75) is 29.0 Å². The molecule has 3 nitrogen and oxygen atoms in total. The zero-order chi connectivity index (χ0) is 14.8. The van der Waals surface area contributed by atoms with Crippen molar-refractivity contribution in [3.63, 3.8) is 0 Å². The van der Waals surface area contributed by atoms with Gasteiger partial charge < -0.3 is 10.5 Å². The SMILES string of the molecule is COc1ccc2c(c1)C(N)C(S(=O)c1ccccc1)CC2. The summed E-state index contributed by atoms with van der Waals surface area (Å²) in [4.78, 5) is 0.851. The van der Waals surface area contributed by atoms with Gasteiger partial charge in [-0.25, -0.2) is 0 Å². The molecule has 0 aliphatic heterocycles. The Labute approximate surface area is 127 Å². The molecular formula is C17H19NO2S. The summed E-state index contributed by atoms with van der Waals surface area (Å²) in [6.45, 7) is 0. The topological polar surface area (TPSA) is 52.3 Å². The number of ether oxygens (including phenoxy) is 1. The smallest absolute Gasteiger partial charge is 0.119 e. The Kier molecular flexibility index (Phi) is 4.08. The summed E-state index contributed by atoms with van der Waals surface area (Å²) < 4.78 is 18.1. The monoisotopic (exact) mass is 301 g/mol. The summed E-state index contributed by atoms with van der Waals surface area (Å²) in [6.07, 6.45) is 1.76. The number of rotatable bonds is 3. The van der Waals surface area contributed by atoms with Crippen molar-refractivity contribution in [2.24, 2.45) is 5.73 Å². The first kappa shape index (κ1) is 14.3. The molecule has 2 aromatic rings. The molecule has 0 radical (unpaired) electrons. The van der Waals surface area contributed by atoms with E-state index in [9.17, 15) is 4.21 Å². The van der Waals surface area contributed by atoms with Crippen LogP contribution in [0.1, 0.15) is 23.6 Å². The zero-order valence-electron chi connectivity index (χ0n) is 12.0. The van der Waals surface area contributed by atoms with Crippen LogP contribution in [-0.4, -0.2) is 16.6 Å². The Morgan fingerprint density at radius 2 is 1.95 bits per heavy atom. The molecule has 0 fully saturated rings. The maximum Gasteiger partial charge on any atom is 0.119 e. The minimum absolute atomic E-state index is 0.0491. The van der Waals surface area contributed by atoms with Gasteiger partial charge >= 0.3 is 0 Å². The molecule has 0 spiro atoms. The molecule has 3 unspecified atom stereocenters. The van der Waals surface area contributed by atoms with E-state index in [2.05, 4.69) is 6.07 Å². The fourth-order valence-electron chi connectivity index (χ4n) is 2.89. The molecule has 3 rings (SSSR count). The number of fused-ring (bicyclic) bond motifs is 1. The second kappa shape index (κ2) is 6.00. The highest BCUT2D eigenvalue weighted by Crippen LogP contribution is 2.35. The molecule has 0 amide bonds. The molecule has 1 aliphatic carbocycles.